The number of fused-ring (bicyclic) bond motifs is 1. The highest BCUT2D eigenvalue weighted by Gasteiger charge is 2.25. The third-order valence-electron chi connectivity index (χ3n) is 6.11. The lowest BCUT2D eigenvalue weighted by Crippen LogP contribution is -2.35. The molecular weight excluding hydrogens is 410 g/mol. The van der Waals surface area contributed by atoms with Gasteiger partial charge in [0.2, 0.25) is 0 Å². The van der Waals surface area contributed by atoms with Crippen LogP contribution < -0.4 is 4.90 Å². The quantitative estimate of drug-likeness (QED) is 0.404. The van der Waals surface area contributed by atoms with Crippen LogP contribution in [0.5, 0.6) is 0 Å². The highest BCUT2D eigenvalue weighted by Crippen LogP contribution is 2.33. The molecule has 0 bridgehead atoms. The number of hydrogen-bond acceptors (Lipinski definition) is 5. The van der Waals surface area contributed by atoms with E-state index in [1.807, 2.05) is 30.4 Å². The molecule has 0 amide bonds. The van der Waals surface area contributed by atoms with Gasteiger partial charge in [-0.3, -0.25) is 0 Å². The number of anilines is 1. The number of benzene rings is 2. The fourth-order valence-electron chi connectivity index (χ4n) is 4.57. The zero-order chi connectivity index (χ0) is 23.9. The van der Waals surface area contributed by atoms with Crippen molar-refractivity contribution in [2.45, 2.75) is 67.7 Å². The number of aromatic nitrogens is 4. The van der Waals surface area contributed by atoms with Gasteiger partial charge in [0.05, 0.1) is 16.8 Å². The van der Waals surface area contributed by atoms with Crippen LogP contribution in [0.2, 0.25) is 0 Å². The van der Waals surface area contributed by atoms with Crippen LogP contribution in [0.15, 0.2) is 36.4 Å². The Morgan fingerprint density at radius 1 is 0.909 bits per heavy atom. The molecule has 0 saturated heterocycles. The van der Waals surface area contributed by atoms with E-state index in [-0.39, 0.29) is 0 Å². The number of aliphatic hydroxyl groups excluding tert-OH is 1. The molecule has 2 aromatic carbocycles. The molecule has 33 heavy (non-hydrogen) atoms. The normalized spacial score (nSPS) is 12.4. The summed E-state index contributed by atoms with van der Waals surface area (Å²) in [4.78, 5) is 11.6. The van der Waals surface area contributed by atoms with Crippen LogP contribution >= 0.6 is 0 Å². The molecule has 0 spiro atoms. The summed E-state index contributed by atoms with van der Waals surface area (Å²) in [7, 11) is 0. The molecule has 6 nitrogen and oxygen atoms in total. The van der Waals surface area contributed by atoms with Crippen molar-refractivity contribution in [3.63, 3.8) is 0 Å². The van der Waals surface area contributed by atoms with E-state index in [0.29, 0.717) is 18.8 Å². The standard InChI is InChI=1S/C27H33N5O/c1-8-23(33)31(15-22-11-9-16(2)10-12-22)26-24-20(6)30-32(27(24)29-21(7)28-26)25-18(4)13-17(3)14-19(25)5/h9-14,23,33H,8,15H2,1-7H3. The van der Waals surface area contributed by atoms with Crippen molar-refractivity contribution < 1.29 is 5.11 Å². The molecule has 4 rings (SSSR count). The van der Waals surface area contributed by atoms with Crippen molar-refractivity contribution in [1.29, 1.82) is 0 Å². The Morgan fingerprint density at radius 2 is 1.55 bits per heavy atom. The molecule has 172 valence electrons. The average Bonchev–Trinajstić information content (AvgIpc) is 3.07. The van der Waals surface area contributed by atoms with Gasteiger partial charge in [0.1, 0.15) is 17.9 Å². The van der Waals surface area contributed by atoms with E-state index in [0.717, 1.165) is 44.9 Å². The van der Waals surface area contributed by atoms with E-state index in [1.165, 1.54) is 11.1 Å². The summed E-state index contributed by atoms with van der Waals surface area (Å²) in [5.41, 5.74) is 8.52. The number of rotatable bonds is 6. The number of hydrogen-bond donors (Lipinski definition) is 1. The van der Waals surface area contributed by atoms with Gasteiger partial charge in [-0.1, -0.05) is 54.4 Å². The lowest BCUT2D eigenvalue weighted by molar-refractivity contribution is 0.162. The van der Waals surface area contributed by atoms with Gasteiger partial charge in [-0.05, 0) is 64.7 Å². The van der Waals surface area contributed by atoms with Crippen molar-refractivity contribution in [3.8, 4) is 5.69 Å². The third-order valence-corrected chi connectivity index (χ3v) is 6.11. The van der Waals surface area contributed by atoms with Gasteiger partial charge in [0.25, 0.3) is 0 Å². The third kappa shape index (κ3) is 4.35. The molecule has 1 unspecified atom stereocenters. The molecule has 0 radical (unpaired) electrons. The van der Waals surface area contributed by atoms with Crippen LogP contribution in [0.25, 0.3) is 16.7 Å². The van der Waals surface area contributed by atoms with Gasteiger partial charge in [0, 0.05) is 6.54 Å². The Balaban J connectivity index is 1.93. The Morgan fingerprint density at radius 3 is 2.15 bits per heavy atom. The second-order valence-electron chi connectivity index (χ2n) is 9.04. The first-order valence-electron chi connectivity index (χ1n) is 11.5. The highest BCUT2D eigenvalue weighted by molar-refractivity contribution is 5.91. The monoisotopic (exact) mass is 443 g/mol. The fourth-order valence-corrected chi connectivity index (χ4v) is 4.57. The van der Waals surface area contributed by atoms with Crippen molar-refractivity contribution in [2.24, 2.45) is 0 Å². The van der Waals surface area contributed by atoms with Crippen LogP contribution in [0.4, 0.5) is 5.82 Å². The minimum atomic E-state index is -0.672. The van der Waals surface area contributed by atoms with Crippen LogP contribution in [-0.2, 0) is 6.54 Å². The SMILES string of the molecule is CCC(O)N(Cc1ccc(C)cc1)c1nc(C)nc2c1c(C)nn2-c1c(C)cc(C)cc1C. The maximum Gasteiger partial charge on any atom is 0.169 e. The van der Waals surface area contributed by atoms with Crippen LogP contribution in [0, 0.1) is 41.5 Å². The summed E-state index contributed by atoms with van der Waals surface area (Å²) in [6.45, 7) is 14.8. The van der Waals surface area contributed by atoms with E-state index in [9.17, 15) is 5.11 Å². The minimum absolute atomic E-state index is 0.550. The second kappa shape index (κ2) is 8.94. The minimum Gasteiger partial charge on any atom is -0.374 e. The van der Waals surface area contributed by atoms with Crippen molar-refractivity contribution in [2.75, 3.05) is 4.90 Å². The van der Waals surface area contributed by atoms with E-state index in [2.05, 4.69) is 64.1 Å². The molecule has 1 atom stereocenters. The van der Waals surface area contributed by atoms with Crippen LogP contribution in [0.1, 0.15) is 52.7 Å². The van der Waals surface area contributed by atoms with Crippen molar-refractivity contribution >= 4 is 16.9 Å². The maximum absolute atomic E-state index is 11.0. The van der Waals surface area contributed by atoms with Gasteiger partial charge >= 0.3 is 0 Å². The molecule has 0 saturated carbocycles. The van der Waals surface area contributed by atoms with Gasteiger partial charge < -0.3 is 10.0 Å². The van der Waals surface area contributed by atoms with E-state index in [4.69, 9.17) is 15.1 Å². The molecular formula is C27H33N5O. The zero-order valence-electron chi connectivity index (χ0n) is 20.6. The maximum atomic E-state index is 11.0. The zero-order valence-corrected chi connectivity index (χ0v) is 20.6. The number of aryl methyl sites for hydroxylation is 6. The van der Waals surface area contributed by atoms with Crippen LogP contribution in [-0.4, -0.2) is 31.1 Å². The molecule has 0 aliphatic heterocycles. The van der Waals surface area contributed by atoms with Crippen molar-refractivity contribution in [3.05, 3.63) is 75.7 Å². The van der Waals surface area contributed by atoms with Gasteiger partial charge in [-0.25, -0.2) is 14.6 Å². The molecule has 0 aliphatic rings. The smallest absolute Gasteiger partial charge is 0.169 e. The first-order chi connectivity index (χ1) is 15.7. The second-order valence-corrected chi connectivity index (χ2v) is 9.04. The first kappa shape index (κ1) is 22.9. The van der Waals surface area contributed by atoms with Gasteiger partial charge in [-0.2, -0.15) is 5.10 Å². The average molecular weight is 444 g/mol. The van der Waals surface area contributed by atoms with E-state index < -0.39 is 6.23 Å². The molecule has 4 aromatic rings. The number of aliphatic hydroxyl groups is 1. The Kier molecular flexibility index (Phi) is 6.21. The molecule has 0 fully saturated rings. The lowest BCUT2D eigenvalue weighted by Gasteiger charge is -2.29. The summed E-state index contributed by atoms with van der Waals surface area (Å²) in [5, 5.41) is 16.8. The molecule has 2 aromatic heterocycles. The highest BCUT2D eigenvalue weighted by atomic mass is 16.3. The summed E-state index contributed by atoms with van der Waals surface area (Å²) >= 11 is 0. The molecule has 1 N–H and O–H groups in total. The first-order valence-corrected chi connectivity index (χ1v) is 11.5. The van der Waals surface area contributed by atoms with Crippen LogP contribution in [0.3, 0.4) is 0 Å². The lowest BCUT2D eigenvalue weighted by atomic mass is 10.1. The summed E-state index contributed by atoms with van der Waals surface area (Å²) < 4.78 is 1.94. The summed E-state index contributed by atoms with van der Waals surface area (Å²) in [6, 6.07) is 12.7. The topological polar surface area (TPSA) is 67.1 Å². The van der Waals surface area contributed by atoms with E-state index >= 15 is 0 Å². The Hall–Kier alpha value is -3.25. The van der Waals surface area contributed by atoms with Crippen molar-refractivity contribution in [1.82, 2.24) is 19.7 Å². The van der Waals surface area contributed by atoms with Gasteiger partial charge in [0.15, 0.2) is 5.65 Å². The number of nitrogens with zero attached hydrogens (tertiary/aromatic N) is 5. The predicted octanol–water partition coefficient (Wildman–Crippen LogP) is 5.40. The fraction of sp³-hybridized carbons (Fsp3) is 0.370. The summed E-state index contributed by atoms with van der Waals surface area (Å²) in [6.07, 6.45) is -0.0887. The Bertz CT molecular complexity index is 1280. The van der Waals surface area contributed by atoms with Gasteiger partial charge in [-0.15, -0.1) is 0 Å². The Labute approximate surface area is 195 Å². The molecule has 0 aliphatic carbocycles. The molecule has 2 heterocycles. The predicted molar refractivity (Wildman–Crippen MR) is 134 cm³/mol. The summed E-state index contributed by atoms with van der Waals surface area (Å²) in [5.74, 6) is 1.37. The largest absolute Gasteiger partial charge is 0.374 e. The van der Waals surface area contributed by atoms with E-state index in [1.54, 1.807) is 0 Å². The molecule has 6 heteroatoms.